The van der Waals surface area contributed by atoms with E-state index in [0.29, 0.717) is 20.6 Å². The Morgan fingerprint density at radius 3 is 2.54 bits per heavy atom. The van der Waals surface area contributed by atoms with Gasteiger partial charge in [0.1, 0.15) is 0 Å². The van der Waals surface area contributed by atoms with Crippen LogP contribution in [0.15, 0.2) is 75.7 Å². The molecular weight excluding hydrogens is 462 g/mol. The number of anilines is 1. The molecule has 0 bridgehead atoms. The van der Waals surface area contributed by atoms with Crippen LogP contribution in [-0.2, 0) is 14.3 Å². The molecule has 0 unspecified atom stereocenters. The summed E-state index contributed by atoms with van der Waals surface area (Å²) in [6.07, 6.45) is 1.89. The first kappa shape index (κ1) is 23.3. The lowest BCUT2D eigenvalue weighted by molar-refractivity contribution is -0.139. The van der Waals surface area contributed by atoms with E-state index in [1.54, 1.807) is 18.4 Å². The lowest BCUT2D eigenvalue weighted by Gasteiger charge is -2.28. The van der Waals surface area contributed by atoms with Crippen LogP contribution >= 0.6 is 11.3 Å². The van der Waals surface area contributed by atoms with Gasteiger partial charge in [-0.1, -0.05) is 53.8 Å². The highest BCUT2D eigenvalue weighted by Crippen LogP contribution is 2.30. The first-order valence-electron chi connectivity index (χ1n) is 11.7. The van der Waals surface area contributed by atoms with Gasteiger partial charge in [0.25, 0.3) is 5.56 Å². The fourth-order valence-corrected chi connectivity index (χ4v) is 5.54. The van der Waals surface area contributed by atoms with Crippen molar-refractivity contribution in [3.8, 4) is 0 Å². The number of ether oxygens (including phenoxy) is 2. The second-order valence-corrected chi connectivity index (χ2v) is 9.41. The largest absolute Gasteiger partial charge is 0.463 e. The van der Waals surface area contributed by atoms with E-state index in [4.69, 9.17) is 9.47 Å². The van der Waals surface area contributed by atoms with E-state index in [1.165, 1.54) is 11.3 Å². The standard InChI is InChI=1S/C27H27N3O4S/c1-3-34-26(32)23-18(2)28-27-30(24(23)20-7-5-4-6-8-20)25(31)22(35-27)17-19-9-11-21(12-10-19)29-13-15-33-16-14-29/h4-12,17,24H,3,13-16H2,1-2H3/b22-17+/t24-/m0/s1. The van der Waals surface area contributed by atoms with Crippen LogP contribution in [0, 0.1) is 0 Å². The Hall–Kier alpha value is -3.49. The Morgan fingerprint density at radius 2 is 1.86 bits per heavy atom. The van der Waals surface area contributed by atoms with E-state index in [9.17, 15) is 9.59 Å². The van der Waals surface area contributed by atoms with Gasteiger partial charge < -0.3 is 14.4 Å². The number of hydrogen-bond donors (Lipinski definition) is 0. The van der Waals surface area contributed by atoms with Crippen molar-refractivity contribution >= 4 is 29.1 Å². The first-order chi connectivity index (χ1) is 17.1. The number of rotatable bonds is 5. The number of nitrogens with zero attached hydrogens (tertiary/aromatic N) is 3. The summed E-state index contributed by atoms with van der Waals surface area (Å²) in [5.41, 5.74) is 3.71. The number of carbonyl (C=O) groups excluding carboxylic acids is 1. The van der Waals surface area contributed by atoms with Gasteiger partial charge in [-0.3, -0.25) is 9.36 Å². The second kappa shape index (κ2) is 10.0. The van der Waals surface area contributed by atoms with E-state index >= 15 is 0 Å². The number of aromatic nitrogens is 1. The maximum atomic E-state index is 13.6. The van der Waals surface area contributed by atoms with E-state index in [2.05, 4.69) is 22.0 Å². The lowest BCUT2D eigenvalue weighted by Crippen LogP contribution is -2.39. The second-order valence-electron chi connectivity index (χ2n) is 8.40. The third kappa shape index (κ3) is 4.59. The zero-order chi connectivity index (χ0) is 24.4. The summed E-state index contributed by atoms with van der Waals surface area (Å²) >= 11 is 1.33. The average molecular weight is 490 g/mol. The Morgan fingerprint density at radius 1 is 1.14 bits per heavy atom. The molecule has 1 aromatic heterocycles. The number of carbonyl (C=O) groups is 1. The minimum Gasteiger partial charge on any atom is -0.463 e. The minimum atomic E-state index is -0.586. The predicted molar refractivity (Wildman–Crippen MR) is 136 cm³/mol. The summed E-state index contributed by atoms with van der Waals surface area (Å²) in [6.45, 7) is 7.03. The highest BCUT2D eigenvalue weighted by Gasteiger charge is 2.33. The molecule has 0 aliphatic carbocycles. The van der Waals surface area contributed by atoms with Crippen LogP contribution in [0.25, 0.3) is 6.08 Å². The molecule has 2 aliphatic rings. The number of morpholine rings is 1. The molecule has 0 saturated carbocycles. The van der Waals surface area contributed by atoms with Gasteiger partial charge in [-0.15, -0.1) is 0 Å². The number of hydrogen-bond acceptors (Lipinski definition) is 7. The van der Waals surface area contributed by atoms with Crippen molar-refractivity contribution < 1.29 is 14.3 Å². The SMILES string of the molecule is CCOC(=O)C1=C(C)N=c2s/c(=C/c3ccc(N4CCOCC4)cc3)c(=O)n2[C@H]1c1ccccc1. The molecule has 1 saturated heterocycles. The normalized spacial score (nSPS) is 18.3. The maximum absolute atomic E-state index is 13.6. The average Bonchev–Trinajstić information content (AvgIpc) is 3.19. The maximum Gasteiger partial charge on any atom is 0.338 e. The molecule has 1 atom stereocenters. The zero-order valence-electron chi connectivity index (χ0n) is 19.8. The van der Waals surface area contributed by atoms with E-state index < -0.39 is 12.0 Å². The fourth-order valence-electron chi connectivity index (χ4n) is 4.50. The number of esters is 1. The molecule has 2 aliphatic heterocycles. The van der Waals surface area contributed by atoms with Gasteiger partial charge in [0.05, 0.1) is 41.7 Å². The molecule has 3 heterocycles. The van der Waals surface area contributed by atoms with Crippen LogP contribution in [0.3, 0.4) is 0 Å². The molecule has 3 aromatic rings. The van der Waals surface area contributed by atoms with Crippen molar-refractivity contribution in [1.29, 1.82) is 0 Å². The van der Waals surface area contributed by atoms with Gasteiger partial charge in [-0.2, -0.15) is 0 Å². The van der Waals surface area contributed by atoms with Gasteiger partial charge in [-0.25, -0.2) is 9.79 Å². The lowest BCUT2D eigenvalue weighted by atomic mass is 9.96. The molecule has 5 rings (SSSR count). The Balaban J connectivity index is 1.57. The summed E-state index contributed by atoms with van der Waals surface area (Å²) in [7, 11) is 0. The predicted octanol–water partition coefficient (Wildman–Crippen LogP) is 2.63. The Bertz CT molecular complexity index is 1430. The molecule has 8 heteroatoms. The molecule has 7 nitrogen and oxygen atoms in total. The summed E-state index contributed by atoms with van der Waals surface area (Å²) < 4.78 is 13.0. The number of allylic oxidation sites excluding steroid dienone is 1. The zero-order valence-corrected chi connectivity index (χ0v) is 20.6. The smallest absolute Gasteiger partial charge is 0.338 e. The molecule has 0 N–H and O–H groups in total. The topological polar surface area (TPSA) is 73.1 Å². The molecule has 1 fully saturated rings. The van der Waals surface area contributed by atoms with Crippen molar-refractivity contribution in [3.63, 3.8) is 0 Å². The van der Waals surface area contributed by atoms with Gasteiger partial charge >= 0.3 is 5.97 Å². The highest BCUT2D eigenvalue weighted by atomic mass is 32.1. The summed E-state index contributed by atoms with van der Waals surface area (Å²) in [6, 6.07) is 17.2. The highest BCUT2D eigenvalue weighted by molar-refractivity contribution is 7.07. The molecule has 35 heavy (non-hydrogen) atoms. The van der Waals surface area contributed by atoms with Crippen molar-refractivity contribution in [2.75, 3.05) is 37.8 Å². The van der Waals surface area contributed by atoms with E-state index in [1.807, 2.05) is 48.5 Å². The molecule has 0 spiro atoms. The van der Waals surface area contributed by atoms with Crippen molar-refractivity contribution in [3.05, 3.63) is 96.7 Å². The number of benzene rings is 2. The van der Waals surface area contributed by atoms with Crippen LogP contribution in [0.5, 0.6) is 0 Å². The Labute approximate surface area is 207 Å². The molecule has 180 valence electrons. The van der Waals surface area contributed by atoms with Gasteiger partial charge in [0, 0.05) is 18.8 Å². The van der Waals surface area contributed by atoms with Crippen molar-refractivity contribution in [2.45, 2.75) is 19.9 Å². The quantitative estimate of drug-likeness (QED) is 0.516. The first-order valence-corrected chi connectivity index (χ1v) is 12.6. The van der Waals surface area contributed by atoms with Crippen LogP contribution in [-0.4, -0.2) is 43.4 Å². The van der Waals surface area contributed by atoms with Gasteiger partial charge in [0.15, 0.2) is 4.80 Å². The van der Waals surface area contributed by atoms with E-state index in [-0.39, 0.29) is 12.2 Å². The number of fused-ring (bicyclic) bond motifs is 1. The van der Waals surface area contributed by atoms with Crippen LogP contribution in [0.4, 0.5) is 5.69 Å². The van der Waals surface area contributed by atoms with Crippen LogP contribution < -0.4 is 19.8 Å². The summed E-state index contributed by atoms with van der Waals surface area (Å²) in [4.78, 5) is 34.0. The summed E-state index contributed by atoms with van der Waals surface area (Å²) in [5.74, 6) is -0.449. The third-order valence-corrected chi connectivity index (χ3v) is 7.18. The monoisotopic (exact) mass is 489 g/mol. The third-order valence-electron chi connectivity index (χ3n) is 6.20. The Kier molecular flexibility index (Phi) is 6.66. The van der Waals surface area contributed by atoms with Gasteiger partial charge in [-0.05, 0) is 43.2 Å². The minimum absolute atomic E-state index is 0.172. The molecule has 2 aromatic carbocycles. The summed E-state index contributed by atoms with van der Waals surface area (Å²) in [5, 5.41) is 0. The van der Waals surface area contributed by atoms with Crippen LogP contribution in [0.1, 0.15) is 31.0 Å². The molecule has 0 amide bonds. The van der Waals surface area contributed by atoms with Crippen molar-refractivity contribution in [1.82, 2.24) is 4.57 Å². The van der Waals surface area contributed by atoms with Crippen molar-refractivity contribution in [2.24, 2.45) is 4.99 Å². The molecule has 0 radical (unpaired) electrons. The number of thiazole rings is 1. The fraction of sp³-hybridized carbons (Fsp3) is 0.296. The molecular formula is C27H27N3O4S. The van der Waals surface area contributed by atoms with Crippen LogP contribution in [0.2, 0.25) is 0 Å². The van der Waals surface area contributed by atoms with Gasteiger partial charge in [0.2, 0.25) is 0 Å². The van der Waals surface area contributed by atoms with E-state index in [0.717, 1.165) is 43.1 Å².